The first kappa shape index (κ1) is 14.3. The van der Waals surface area contributed by atoms with Gasteiger partial charge in [-0.2, -0.15) is 0 Å². The van der Waals surface area contributed by atoms with Gasteiger partial charge in [0.1, 0.15) is 5.75 Å². The summed E-state index contributed by atoms with van der Waals surface area (Å²) in [5.74, 6) is -0.234. The van der Waals surface area contributed by atoms with Gasteiger partial charge in [0.15, 0.2) is 0 Å². The summed E-state index contributed by atoms with van der Waals surface area (Å²) >= 11 is 0. The number of rotatable bonds is 2. The molecule has 22 heavy (non-hydrogen) atoms. The van der Waals surface area contributed by atoms with E-state index in [1.807, 2.05) is 30.3 Å². The van der Waals surface area contributed by atoms with Crippen LogP contribution in [0.5, 0.6) is 5.75 Å². The zero-order valence-electron chi connectivity index (χ0n) is 11.4. The molecule has 3 rings (SSSR count). The summed E-state index contributed by atoms with van der Waals surface area (Å²) in [7, 11) is 0. The van der Waals surface area contributed by atoms with E-state index in [1.165, 1.54) is 18.2 Å². The number of fused-ring (bicyclic) bond motifs is 1. The Balaban J connectivity index is 2.00. The van der Waals surface area contributed by atoms with Crippen molar-refractivity contribution in [3.63, 3.8) is 0 Å². The Morgan fingerprint density at radius 3 is 2.23 bits per heavy atom. The minimum absolute atomic E-state index is 0.234. The van der Waals surface area contributed by atoms with Gasteiger partial charge in [0.2, 0.25) is 0 Å². The lowest BCUT2D eigenvalue weighted by molar-refractivity contribution is -0.274. The Kier molecular flexibility index (Phi) is 3.41. The summed E-state index contributed by atoms with van der Waals surface area (Å²) in [5.41, 5.74) is 7.86. The number of ether oxygens (including phenoxy) is 1. The maximum Gasteiger partial charge on any atom is 0.573 e. The van der Waals surface area contributed by atoms with Crippen LogP contribution < -0.4 is 10.5 Å². The molecular formula is C17H12F3NO. The van der Waals surface area contributed by atoms with E-state index in [1.54, 1.807) is 12.1 Å². The van der Waals surface area contributed by atoms with Crippen molar-refractivity contribution < 1.29 is 17.9 Å². The normalized spacial score (nSPS) is 11.6. The van der Waals surface area contributed by atoms with Crippen LogP contribution in [0.25, 0.3) is 21.9 Å². The molecule has 2 nitrogen and oxygen atoms in total. The van der Waals surface area contributed by atoms with Crippen molar-refractivity contribution in [1.29, 1.82) is 0 Å². The van der Waals surface area contributed by atoms with Crippen molar-refractivity contribution in [3.05, 3.63) is 60.7 Å². The lowest BCUT2D eigenvalue weighted by atomic mass is 10.0. The van der Waals surface area contributed by atoms with E-state index in [4.69, 9.17) is 5.73 Å². The predicted molar refractivity (Wildman–Crippen MR) is 80.5 cm³/mol. The van der Waals surface area contributed by atoms with Crippen LogP contribution in [0, 0.1) is 0 Å². The molecule has 2 N–H and O–H groups in total. The standard InChI is InChI=1S/C17H12F3NO/c18-17(19,20)22-16-3-1-2-11(10-16)12-4-5-14-9-15(21)7-6-13(14)8-12/h1-10H,21H2. The van der Waals surface area contributed by atoms with E-state index in [0.717, 1.165) is 16.3 Å². The molecule has 3 aromatic rings. The first-order valence-corrected chi connectivity index (χ1v) is 6.56. The predicted octanol–water partition coefficient (Wildman–Crippen LogP) is 4.99. The molecule has 0 saturated carbocycles. The molecule has 0 bridgehead atoms. The van der Waals surface area contributed by atoms with Crippen LogP contribution in [-0.4, -0.2) is 6.36 Å². The SMILES string of the molecule is Nc1ccc2cc(-c3cccc(OC(F)(F)F)c3)ccc2c1. The summed E-state index contributed by atoms with van der Waals surface area (Å²) in [6.07, 6.45) is -4.69. The topological polar surface area (TPSA) is 35.2 Å². The number of hydrogen-bond acceptors (Lipinski definition) is 2. The first-order valence-electron chi connectivity index (χ1n) is 6.56. The maximum atomic E-state index is 12.3. The number of alkyl halides is 3. The Bertz CT molecular complexity index is 827. The number of benzene rings is 3. The highest BCUT2D eigenvalue weighted by molar-refractivity contribution is 5.89. The van der Waals surface area contributed by atoms with Gasteiger partial charge in [-0.25, -0.2) is 0 Å². The molecule has 0 atom stereocenters. The van der Waals surface area contributed by atoms with Gasteiger partial charge in [-0.15, -0.1) is 13.2 Å². The second-order valence-electron chi connectivity index (χ2n) is 4.90. The van der Waals surface area contributed by atoms with Crippen LogP contribution in [0.4, 0.5) is 18.9 Å². The van der Waals surface area contributed by atoms with Crippen LogP contribution >= 0.6 is 0 Å². The number of hydrogen-bond donors (Lipinski definition) is 1. The van der Waals surface area contributed by atoms with Gasteiger partial charge in [-0.3, -0.25) is 0 Å². The molecule has 112 valence electrons. The monoisotopic (exact) mass is 303 g/mol. The molecule has 5 heteroatoms. The number of nitrogens with two attached hydrogens (primary N) is 1. The van der Waals surface area contributed by atoms with Gasteiger partial charge in [0.05, 0.1) is 0 Å². The fourth-order valence-corrected chi connectivity index (χ4v) is 2.32. The molecule has 0 fully saturated rings. The van der Waals surface area contributed by atoms with E-state index in [2.05, 4.69) is 4.74 Å². The molecule has 0 saturated heterocycles. The van der Waals surface area contributed by atoms with Gasteiger partial charge < -0.3 is 10.5 Å². The number of anilines is 1. The Morgan fingerprint density at radius 2 is 1.45 bits per heavy atom. The van der Waals surface area contributed by atoms with Gasteiger partial charge in [0, 0.05) is 5.69 Å². The van der Waals surface area contributed by atoms with Crippen molar-refractivity contribution >= 4 is 16.5 Å². The maximum absolute atomic E-state index is 12.3. The van der Waals surface area contributed by atoms with E-state index in [9.17, 15) is 13.2 Å². The number of nitrogen functional groups attached to an aromatic ring is 1. The fourth-order valence-electron chi connectivity index (χ4n) is 2.32. The third-order valence-electron chi connectivity index (χ3n) is 3.27. The summed E-state index contributed by atoms with van der Waals surface area (Å²) in [4.78, 5) is 0. The lowest BCUT2D eigenvalue weighted by Crippen LogP contribution is -2.17. The summed E-state index contributed by atoms with van der Waals surface area (Å²) in [5, 5.41) is 1.94. The highest BCUT2D eigenvalue weighted by Crippen LogP contribution is 2.30. The molecule has 0 heterocycles. The zero-order chi connectivity index (χ0) is 15.7. The lowest BCUT2D eigenvalue weighted by Gasteiger charge is -2.10. The summed E-state index contributed by atoms with van der Waals surface area (Å²) < 4.78 is 40.8. The van der Waals surface area contributed by atoms with Crippen LogP contribution in [-0.2, 0) is 0 Å². The van der Waals surface area contributed by atoms with Gasteiger partial charge in [-0.1, -0.05) is 30.3 Å². The van der Waals surface area contributed by atoms with Crippen molar-refractivity contribution in [2.75, 3.05) is 5.73 Å². The van der Waals surface area contributed by atoms with Crippen molar-refractivity contribution in [2.45, 2.75) is 6.36 Å². The Hall–Kier alpha value is -2.69. The van der Waals surface area contributed by atoms with Crippen LogP contribution in [0.15, 0.2) is 60.7 Å². The molecule has 0 aliphatic rings. The van der Waals surface area contributed by atoms with Gasteiger partial charge in [-0.05, 0) is 52.2 Å². The quantitative estimate of drug-likeness (QED) is 0.677. The zero-order valence-corrected chi connectivity index (χ0v) is 11.4. The van der Waals surface area contributed by atoms with Crippen LogP contribution in [0.3, 0.4) is 0 Å². The van der Waals surface area contributed by atoms with E-state index < -0.39 is 6.36 Å². The number of halogens is 3. The van der Waals surface area contributed by atoms with E-state index in [-0.39, 0.29) is 5.75 Å². The first-order chi connectivity index (χ1) is 10.4. The minimum Gasteiger partial charge on any atom is -0.406 e. The molecule has 0 unspecified atom stereocenters. The van der Waals surface area contributed by atoms with Crippen molar-refractivity contribution in [2.24, 2.45) is 0 Å². The molecule has 0 spiro atoms. The highest BCUT2D eigenvalue weighted by atomic mass is 19.4. The average Bonchev–Trinajstić information content (AvgIpc) is 2.45. The summed E-state index contributed by atoms with van der Waals surface area (Å²) in [6, 6.07) is 17.1. The van der Waals surface area contributed by atoms with E-state index >= 15 is 0 Å². The second kappa shape index (κ2) is 5.26. The average molecular weight is 303 g/mol. The largest absolute Gasteiger partial charge is 0.573 e. The summed E-state index contributed by atoms with van der Waals surface area (Å²) in [6.45, 7) is 0. The minimum atomic E-state index is -4.69. The fraction of sp³-hybridized carbons (Fsp3) is 0.0588. The molecule has 0 amide bonds. The van der Waals surface area contributed by atoms with Crippen molar-refractivity contribution in [3.8, 4) is 16.9 Å². The Morgan fingerprint density at radius 1 is 0.773 bits per heavy atom. The van der Waals surface area contributed by atoms with Gasteiger partial charge >= 0.3 is 6.36 Å². The smallest absolute Gasteiger partial charge is 0.406 e. The Labute approximate surface area is 124 Å². The molecule has 0 aliphatic heterocycles. The molecule has 0 aliphatic carbocycles. The van der Waals surface area contributed by atoms with Crippen molar-refractivity contribution in [1.82, 2.24) is 0 Å². The highest BCUT2D eigenvalue weighted by Gasteiger charge is 2.31. The third-order valence-corrected chi connectivity index (χ3v) is 3.27. The molecule has 0 radical (unpaired) electrons. The van der Waals surface area contributed by atoms with Crippen LogP contribution in [0.1, 0.15) is 0 Å². The molecule has 3 aromatic carbocycles. The second-order valence-corrected chi connectivity index (χ2v) is 4.90. The van der Waals surface area contributed by atoms with Crippen LogP contribution in [0.2, 0.25) is 0 Å². The van der Waals surface area contributed by atoms with Gasteiger partial charge in [0.25, 0.3) is 0 Å². The molecule has 0 aromatic heterocycles. The third kappa shape index (κ3) is 3.14. The van der Waals surface area contributed by atoms with E-state index in [0.29, 0.717) is 11.3 Å². The molecular weight excluding hydrogens is 291 g/mol.